The molecular formula is C10H15NS2. The summed E-state index contributed by atoms with van der Waals surface area (Å²) in [5.74, 6) is 1.26. The molecule has 1 aliphatic heterocycles. The van der Waals surface area contributed by atoms with Crippen LogP contribution in [0.15, 0.2) is 11.4 Å². The summed E-state index contributed by atoms with van der Waals surface area (Å²) in [6.07, 6.45) is 3.44. The van der Waals surface area contributed by atoms with Crippen LogP contribution in [0.4, 0.5) is 0 Å². The fraction of sp³-hybridized carbons (Fsp3) is 0.600. The smallest absolute Gasteiger partial charge is 0.0331 e. The molecule has 0 fully saturated rings. The first kappa shape index (κ1) is 9.56. The van der Waals surface area contributed by atoms with Gasteiger partial charge in [-0.2, -0.15) is 11.8 Å². The van der Waals surface area contributed by atoms with Crippen LogP contribution in [0.25, 0.3) is 0 Å². The highest BCUT2D eigenvalue weighted by Crippen LogP contribution is 2.23. The predicted molar refractivity (Wildman–Crippen MR) is 61.7 cm³/mol. The van der Waals surface area contributed by atoms with Crippen molar-refractivity contribution in [1.29, 1.82) is 0 Å². The Labute approximate surface area is 88.1 Å². The number of rotatable bonds is 3. The zero-order chi connectivity index (χ0) is 9.10. The van der Waals surface area contributed by atoms with E-state index in [4.69, 9.17) is 0 Å². The van der Waals surface area contributed by atoms with E-state index >= 15 is 0 Å². The normalized spacial score (nSPS) is 17.3. The highest BCUT2D eigenvalue weighted by molar-refractivity contribution is 7.98. The summed E-state index contributed by atoms with van der Waals surface area (Å²) in [4.78, 5) is 4.15. The minimum atomic E-state index is 1.19. The Balaban J connectivity index is 1.93. The minimum Gasteiger partial charge on any atom is -0.297 e. The third-order valence-corrected chi connectivity index (χ3v) is 4.05. The molecule has 0 spiro atoms. The molecule has 2 rings (SSSR count). The lowest BCUT2D eigenvalue weighted by atomic mass is 10.1. The SMILES string of the molecule is CSCCN1CCc2ccsc2C1. The van der Waals surface area contributed by atoms with Crippen molar-refractivity contribution in [3.8, 4) is 0 Å². The third-order valence-electron chi connectivity index (χ3n) is 2.51. The molecule has 0 unspecified atom stereocenters. The van der Waals surface area contributed by atoms with Gasteiger partial charge < -0.3 is 0 Å². The van der Waals surface area contributed by atoms with Gasteiger partial charge in [-0.05, 0) is 29.7 Å². The van der Waals surface area contributed by atoms with E-state index in [1.54, 1.807) is 10.4 Å². The van der Waals surface area contributed by atoms with Crippen molar-refractivity contribution < 1.29 is 0 Å². The molecular weight excluding hydrogens is 198 g/mol. The number of thioether (sulfide) groups is 1. The molecule has 0 saturated carbocycles. The second-order valence-electron chi connectivity index (χ2n) is 3.39. The van der Waals surface area contributed by atoms with Crippen molar-refractivity contribution in [3.05, 3.63) is 21.9 Å². The van der Waals surface area contributed by atoms with Gasteiger partial charge in [0.15, 0.2) is 0 Å². The van der Waals surface area contributed by atoms with Crippen LogP contribution in [0.1, 0.15) is 10.4 Å². The molecule has 0 radical (unpaired) electrons. The van der Waals surface area contributed by atoms with E-state index < -0.39 is 0 Å². The van der Waals surface area contributed by atoms with Gasteiger partial charge >= 0.3 is 0 Å². The first-order valence-corrected chi connectivity index (χ1v) is 6.94. The zero-order valence-corrected chi connectivity index (χ0v) is 9.59. The number of nitrogens with zero attached hydrogens (tertiary/aromatic N) is 1. The maximum atomic E-state index is 2.56. The summed E-state index contributed by atoms with van der Waals surface area (Å²) in [6, 6.07) is 2.28. The van der Waals surface area contributed by atoms with Crippen molar-refractivity contribution in [3.63, 3.8) is 0 Å². The molecule has 1 aromatic heterocycles. The van der Waals surface area contributed by atoms with Crippen molar-refractivity contribution >= 4 is 23.1 Å². The van der Waals surface area contributed by atoms with E-state index in [9.17, 15) is 0 Å². The third kappa shape index (κ3) is 2.27. The molecule has 1 aliphatic rings. The van der Waals surface area contributed by atoms with Crippen LogP contribution in [-0.2, 0) is 13.0 Å². The van der Waals surface area contributed by atoms with Crippen LogP contribution >= 0.6 is 23.1 Å². The first-order chi connectivity index (χ1) is 6.40. The van der Waals surface area contributed by atoms with Crippen LogP contribution < -0.4 is 0 Å². The molecule has 1 aromatic rings. The van der Waals surface area contributed by atoms with E-state index in [0.29, 0.717) is 0 Å². The molecule has 2 heterocycles. The number of thiophene rings is 1. The van der Waals surface area contributed by atoms with Crippen LogP contribution in [-0.4, -0.2) is 30.0 Å². The highest BCUT2D eigenvalue weighted by Gasteiger charge is 2.15. The van der Waals surface area contributed by atoms with Gasteiger partial charge in [-0.15, -0.1) is 11.3 Å². The van der Waals surface area contributed by atoms with Gasteiger partial charge in [0.05, 0.1) is 0 Å². The molecule has 3 heteroatoms. The predicted octanol–water partition coefficient (Wildman–Crippen LogP) is 2.47. The minimum absolute atomic E-state index is 1.19. The molecule has 1 nitrogen and oxygen atoms in total. The molecule has 0 N–H and O–H groups in total. The Bertz CT molecular complexity index is 270. The molecule has 0 aliphatic carbocycles. The number of hydrogen-bond donors (Lipinski definition) is 0. The van der Waals surface area contributed by atoms with Gasteiger partial charge in [-0.25, -0.2) is 0 Å². The topological polar surface area (TPSA) is 3.24 Å². The van der Waals surface area contributed by atoms with E-state index in [-0.39, 0.29) is 0 Å². The van der Waals surface area contributed by atoms with Gasteiger partial charge in [0.2, 0.25) is 0 Å². The monoisotopic (exact) mass is 213 g/mol. The van der Waals surface area contributed by atoms with Crippen molar-refractivity contribution in [2.24, 2.45) is 0 Å². The van der Waals surface area contributed by atoms with Gasteiger partial charge in [0, 0.05) is 30.3 Å². The van der Waals surface area contributed by atoms with Gasteiger partial charge in [-0.1, -0.05) is 0 Å². The average molecular weight is 213 g/mol. The summed E-state index contributed by atoms with van der Waals surface area (Å²) < 4.78 is 0. The van der Waals surface area contributed by atoms with Crippen molar-refractivity contribution in [1.82, 2.24) is 4.90 Å². The van der Waals surface area contributed by atoms with Crippen LogP contribution in [0.2, 0.25) is 0 Å². The molecule has 0 saturated heterocycles. The Hall–Kier alpha value is 0.01000. The summed E-state index contributed by atoms with van der Waals surface area (Å²) >= 11 is 3.85. The lowest BCUT2D eigenvalue weighted by molar-refractivity contribution is 0.274. The number of fused-ring (bicyclic) bond motifs is 1. The van der Waals surface area contributed by atoms with Crippen LogP contribution in [0.5, 0.6) is 0 Å². The van der Waals surface area contributed by atoms with E-state index in [0.717, 1.165) is 0 Å². The molecule has 72 valence electrons. The lowest BCUT2D eigenvalue weighted by Gasteiger charge is -2.26. The molecule has 0 bridgehead atoms. The van der Waals surface area contributed by atoms with Gasteiger partial charge in [0.1, 0.15) is 0 Å². The standard InChI is InChI=1S/C10H15NS2/c1-12-7-5-11-4-2-9-3-6-13-10(9)8-11/h3,6H,2,4-5,7-8H2,1H3. The largest absolute Gasteiger partial charge is 0.297 e. The molecule has 13 heavy (non-hydrogen) atoms. The fourth-order valence-corrected chi connectivity index (χ4v) is 3.12. The maximum absolute atomic E-state index is 2.56. The summed E-state index contributed by atoms with van der Waals surface area (Å²) in [6.45, 7) is 3.69. The second-order valence-corrected chi connectivity index (χ2v) is 5.37. The van der Waals surface area contributed by atoms with E-state index in [1.807, 2.05) is 23.1 Å². The second kappa shape index (κ2) is 4.49. The summed E-state index contributed by atoms with van der Waals surface area (Å²) in [5.41, 5.74) is 1.59. The van der Waals surface area contributed by atoms with Crippen LogP contribution in [0.3, 0.4) is 0 Å². The Kier molecular flexibility index (Phi) is 3.30. The Morgan fingerprint density at radius 3 is 3.38 bits per heavy atom. The highest BCUT2D eigenvalue weighted by atomic mass is 32.2. The quantitative estimate of drug-likeness (QED) is 0.759. The molecule has 0 aromatic carbocycles. The Morgan fingerprint density at radius 1 is 1.62 bits per heavy atom. The maximum Gasteiger partial charge on any atom is 0.0331 e. The lowest BCUT2D eigenvalue weighted by Crippen LogP contribution is -2.31. The summed E-state index contributed by atoms with van der Waals surface area (Å²) in [7, 11) is 0. The Morgan fingerprint density at radius 2 is 2.54 bits per heavy atom. The van der Waals surface area contributed by atoms with E-state index in [1.165, 1.54) is 31.8 Å². The van der Waals surface area contributed by atoms with Crippen LogP contribution in [0, 0.1) is 0 Å². The molecule has 0 amide bonds. The van der Waals surface area contributed by atoms with Gasteiger partial charge in [0.25, 0.3) is 0 Å². The fourth-order valence-electron chi connectivity index (χ4n) is 1.70. The van der Waals surface area contributed by atoms with E-state index in [2.05, 4.69) is 22.6 Å². The van der Waals surface area contributed by atoms with Gasteiger partial charge in [-0.3, -0.25) is 4.90 Å². The molecule has 0 atom stereocenters. The first-order valence-electron chi connectivity index (χ1n) is 4.66. The van der Waals surface area contributed by atoms with Crippen molar-refractivity contribution in [2.45, 2.75) is 13.0 Å². The summed E-state index contributed by atoms with van der Waals surface area (Å²) in [5, 5.41) is 2.22. The van der Waals surface area contributed by atoms with Crippen molar-refractivity contribution in [2.75, 3.05) is 25.1 Å². The zero-order valence-electron chi connectivity index (χ0n) is 7.95. The average Bonchev–Trinajstić information content (AvgIpc) is 2.61. The number of hydrogen-bond acceptors (Lipinski definition) is 3.